The molecule has 0 spiro atoms. The van der Waals surface area contributed by atoms with E-state index in [9.17, 15) is 9.59 Å². The summed E-state index contributed by atoms with van der Waals surface area (Å²) in [6, 6.07) is 8.66. The lowest BCUT2D eigenvalue weighted by atomic mass is 10.1. The maximum atomic E-state index is 12.1. The first-order valence-electron chi connectivity index (χ1n) is 6.90. The summed E-state index contributed by atoms with van der Waals surface area (Å²) in [5.41, 5.74) is 2.21. The molecule has 5 nitrogen and oxygen atoms in total. The van der Waals surface area contributed by atoms with Crippen molar-refractivity contribution < 1.29 is 9.59 Å². The molecule has 0 aliphatic rings. The second-order valence-corrected chi connectivity index (χ2v) is 4.74. The van der Waals surface area contributed by atoms with Gasteiger partial charge in [0.15, 0.2) is 0 Å². The minimum atomic E-state index is -0.344. The molecule has 1 rings (SSSR count). The van der Waals surface area contributed by atoms with Gasteiger partial charge in [0.25, 0.3) is 5.91 Å². The molecule has 0 aromatic heterocycles. The molecule has 0 fully saturated rings. The molecular formula is C17H19N3O2. The van der Waals surface area contributed by atoms with Crippen LogP contribution in [0.1, 0.15) is 25.8 Å². The summed E-state index contributed by atoms with van der Waals surface area (Å²) < 4.78 is 0. The van der Waals surface area contributed by atoms with Gasteiger partial charge in [-0.05, 0) is 30.7 Å². The lowest BCUT2D eigenvalue weighted by Crippen LogP contribution is -2.22. The fourth-order valence-electron chi connectivity index (χ4n) is 1.71. The third kappa shape index (κ3) is 5.63. The number of nitriles is 1. The van der Waals surface area contributed by atoms with Crippen LogP contribution in [-0.2, 0) is 9.59 Å². The molecule has 0 heterocycles. The number of nitrogens with zero attached hydrogens (tertiary/aromatic N) is 1. The summed E-state index contributed by atoms with van der Waals surface area (Å²) in [6.07, 6.45) is 2.37. The Morgan fingerprint density at radius 3 is 2.73 bits per heavy atom. The summed E-state index contributed by atoms with van der Waals surface area (Å²) in [4.78, 5) is 23.0. The van der Waals surface area contributed by atoms with Gasteiger partial charge in [0.05, 0.1) is 11.6 Å². The molecule has 0 saturated heterocycles. The van der Waals surface area contributed by atoms with Crippen molar-refractivity contribution >= 4 is 17.5 Å². The van der Waals surface area contributed by atoms with E-state index in [-0.39, 0.29) is 11.8 Å². The molecule has 0 radical (unpaired) electrons. The zero-order valence-electron chi connectivity index (χ0n) is 12.8. The Morgan fingerprint density at radius 1 is 1.41 bits per heavy atom. The van der Waals surface area contributed by atoms with E-state index >= 15 is 0 Å². The van der Waals surface area contributed by atoms with Crippen molar-refractivity contribution in [3.63, 3.8) is 0 Å². The van der Waals surface area contributed by atoms with Crippen molar-refractivity contribution in [3.8, 4) is 6.07 Å². The van der Waals surface area contributed by atoms with Crippen molar-refractivity contribution in [2.45, 2.75) is 20.3 Å². The van der Waals surface area contributed by atoms with Crippen LogP contribution in [0.2, 0.25) is 0 Å². The summed E-state index contributed by atoms with van der Waals surface area (Å²) in [5.74, 6) is -0.466. The maximum Gasteiger partial charge on any atom is 0.255 e. The number of anilines is 1. The van der Waals surface area contributed by atoms with E-state index in [2.05, 4.69) is 17.2 Å². The summed E-state index contributed by atoms with van der Waals surface area (Å²) in [7, 11) is 0. The quantitative estimate of drug-likeness (QED) is 0.625. The highest BCUT2D eigenvalue weighted by Gasteiger charge is 2.07. The molecule has 0 atom stereocenters. The number of nitrogens with one attached hydrogen (secondary N) is 2. The highest BCUT2D eigenvalue weighted by molar-refractivity contribution is 6.05. The Kier molecular flexibility index (Phi) is 6.58. The van der Waals surface area contributed by atoms with Crippen molar-refractivity contribution in [2.75, 3.05) is 11.9 Å². The predicted molar refractivity (Wildman–Crippen MR) is 86.0 cm³/mol. The van der Waals surface area contributed by atoms with Gasteiger partial charge in [-0.2, -0.15) is 5.26 Å². The number of carbonyl (C=O) groups excluding carboxylic acids is 2. The van der Waals surface area contributed by atoms with E-state index in [1.54, 1.807) is 30.3 Å². The minimum absolute atomic E-state index is 0.122. The van der Waals surface area contributed by atoms with Gasteiger partial charge in [-0.25, -0.2) is 0 Å². The molecular weight excluding hydrogens is 278 g/mol. The van der Waals surface area contributed by atoms with Crippen molar-refractivity contribution in [2.24, 2.45) is 0 Å². The fourth-order valence-corrected chi connectivity index (χ4v) is 1.71. The summed E-state index contributed by atoms with van der Waals surface area (Å²) in [6.45, 7) is 7.51. The zero-order chi connectivity index (χ0) is 16.5. The van der Waals surface area contributed by atoms with Crippen LogP contribution in [0.4, 0.5) is 5.69 Å². The monoisotopic (exact) mass is 297 g/mol. The standard InChI is InChI=1S/C17H19N3O2/c1-4-14(11-19-13(3)21)8-12(2)17(22)20-16-7-5-6-15(9-16)10-18/h5-9H,2,4,11H2,1,3H3,(H,19,21)(H,20,22)/b14-8+. The van der Waals surface area contributed by atoms with Gasteiger partial charge in [-0.1, -0.05) is 25.1 Å². The van der Waals surface area contributed by atoms with Gasteiger partial charge in [0.2, 0.25) is 5.91 Å². The Morgan fingerprint density at radius 2 is 2.14 bits per heavy atom. The third-order valence-electron chi connectivity index (χ3n) is 2.94. The fraction of sp³-hybridized carbons (Fsp3) is 0.235. The number of rotatable bonds is 6. The van der Waals surface area contributed by atoms with E-state index in [0.29, 0.717) is 29.8 Å². The van der Waals surface area contributed by atoms with E-state index in [1.165, 1.54) is 6.92 Å². The number of hydrogen-bond donors (Lipinski definition) is 2. The van der Waals surface area contributed by atoms with Gasteiger partial charge in [-0.15, -0.1) is 0 Å². The molecule has 0 aliphatic carbocycles. The van der Waals surface area contributed by atoms with E-state index in [4.69, 9.17) is 5.26 Å². The number of hydrogen-bond acceptors (Lipinski definition) is 3. The maximum absolute atomic E-state index is 12.1. The molecule has 0 saturated carbocycles. The van der Waals surface area contributed by atoms with Crippen LogP contribution in [0.15, 0.2) is 48.1 Å². The first-order valence-corrected chi connectivity index (χ1v) is 6.90. The second kappa shape index (κ2) is 8.42. The lowest BCUT2D eigenvalue weighted by molar-refractivity contribution is -0.118. The number of amides is 2. The molecule has 22 heavy (non-hydrogen) atoms. The smallest absolute Gasteiger partial charge is 0.255 e. The molecule has 2 N–H and O–H groups in total. The largest absolute Gasteiger partial charge is 0.353 e. The highest BCUT2D eigenvalue weighted by atomic mass is 16.2. The Balaban J connectivity index is 2.73. The molecule has 0 unspecified atom stereocenters. The SMILES string of the molecule is C=C(/C=C(\CC)CNC(C)=O)C(=O)Nc1cccc(C#N)c1. The van der Waals surface area contributed by atoms with E-state index in [0.717, 1.165) is 5.57 Å². The van der Waals surface area contributed by atoms with Crippen molar-refractivity contribution in [1.82, 2.24) is 5.32 Å². The average Bonchev–Trinajstić information content (AvgIpc) is 2.51. The van der Waals surface area contributed by atoms with Crippen LogP contribution in [0.5, 0.6) is 0 Å². The summed E-state index contributed by atoms with van der Waals surface area (Å²) >= 11 is 0. The minimum Gasteiger partial charge on any atom is -0.353 e. The van der Waals surface area contributed by atoms with Crippen LogP contribution in [0.25, 0.3) is 0 Å². The Hall–Kier alpha value is -2.87. The first kappa shape index (κ1) is 17.2. The van der Waals surface area contributed by atoms with Gasteiger partial charge in [0.1, 0.15) is 0 Å². The van der Waals surface area contributed by atoms with Crippen molar-refractivity contribution in [3.05, 3.63) is 53.6 Å². The van der Waals surface area contributed by atoms with Gasteiger partial charge in [-0.3, -0.25) is 9.59 Å². The molecule has 0 bridgehead atoms. The predicted octanol–water partition coefficient (Wildman–Crippen LogP) is 2.53. The van der Waals surface area contributed by atoms with Crippen LogP contribution in [0, 0.1) is 11.3 Å². The topological polar surface area (TPSA) is 82.0 Å². The normalized spacial score (nSPS) is 10.5. The lowest BCUT2D eigenvalue weighted by Gasteiger charge is -2.08. The van der Waals surface area contributed by atoms with Crippen molar-refractivity contribution in [1.29, 1.82) is 5.26 Å². The Labute approximate surface area is 130 Å². The highest BCUT2D eigenvalue weighted by Crippen LogP contribution is 2.12. The third-order valence-corrected chi connectivity index (χ3v) is 2.94. The second-order valence-electron chi connectivity index (χ2n) is 4.74. The van der Waals surface area contributed by atoms with Gasteiger partial charge in [0, 0.05) is 24.7 Å². The Bertz CT molecular complexity index is 654. The molecule has 1 aromatic carbocycles. The van der Waals surface area contributed by atoms with Crippen LogP contribution in [-0.4, -0.2) is 18.4 Å². The van der Waals surface area contributed by atoms with Crippen LogP contribution >= 0.6 is 0 Å². The summed E-state index contributed by atoms with van der Waals surface area (Å²) in [5, 5.41) is 14.2. The number of benzene rings is 1. The zero-order valence-corrected chi connectivity index (χ0v) is 12.8. The van der Waals surface area contributed by atoms with Gasteiger partial charge < -0.3 is 10.6 Å². The molecule has 0 aliphatic heterocycles. The van der Waals surface area contributed by atoms with E-state index < -0.39 is 0 Å². The molecule has 2 amide bonds. The van der Waals surface area contributed by atoms with E-state index in [1.807, 2.05) is 13.0 Å². The molecule has 114 valence electrons. The van der Waals surface area contributed by atoms with Crippen LogP contribution in [0.3, 0.4) is 0 Å². The first-order chi connectivity index (χ1) is 10.5. The van der Waals surface area contributed by atoms with Crippen LogP contribution < -0.4 is 10.6 Å². The molecule has 5 heteroatoms. The number of carbonyl (C=O) groups is 2. The van der Waals surface area contributed by atoms with Gasteiger partial charge >= 0.3 is 0 Å². The average molecular weight is 297 g/mol. The molecule has 1 aromatic rings.